The highest BCUT2D eigenvalue weighted by molar-refractivity contribution is 5.53. The van der Waals surface area contributed by atoms with Crippen molar-refractivity contribution in [3.63, 3.8) is 0 Å². The Bertz CT molecular complexity index is 603. The van der Waals surface area contributed by atoms with Gasteiger partial charge in [0, 0.05) is 18.2 Å². The van der Waals surface area contributed by atoms with Crippen LogP contribution in [0.2, 0.25) is 0 Å². The Kier molecular flexibility index (Phi) is 3.94. The minimum absolute atomic E-state index is 0.0978. The molecule has 0 bridgehead atoms. The summed E-state index contributed by atoms with van der Waals surface area (Å²) >= 11 is 0. The second kappa shape index (κ2) is 5.87. The van der Waals surface area contributed by atoms with E-state index >= 15 is 0 Å². The van der Waals surface area contributed by atoms with E-state index in [1.54, 1.807) is 17.0 Å². The van der Waals surface area contributed by atoms with Crippen molar-refractivity contribution >= 4 is 0 Å². The third-order valence-corrected chi connectivity index (χ3v) is 3.60. The SMILES string of the molecule is OC[C@@H]1C[C@H](F)CN1Cc1nc(-c2ccc(F)cc2)no1. The lowest BCUT2D eigenvalue weighted by Crippen LogP contribution is -2.31. The Morgan fingerprint density at radius 2 is 2.10 bits per heavy atom. The van der Waals surface area contributed by atoms with Gasteiger partial charge in [0.1, 0.15) is 12.0 Å². The Hall–Kier alpha value is -1.86. The highest BCUT2D eigenvalue weighted by Gasteiger charge is 2.32. The van der Waals surface area contributed by atoms with Crippen molar-refractivity contribution < 1.29 is 18.4 Å². The normalized spacial score (nSPS) is 22.8. The molecule has 7 heteroatoms. The number of nitrogens with zero attached hydrogens (tertiary/aromatic N) is 3. The van der Waals surface area contributed by atoms with Gasteiger partial charge in [-0.05, 0) is 30.7 Å². The highest BCUT2D eigenvalue weighted by Crippen LogP contribution is 2.23. The van der Waals surface area contributed by atoms with Crippen LogP contribution in [0, 0.1) is 5.82 Å². The molecule has 1 saturated heterocycles. The molecule has 0 radical (unpaired) electrons. The van der Waals surface area contributed by atoms with Gasteiger partial charge in [0.2, 0.25) is 11.7 Å². The van der Waals surface area contributed by atoms with Gasteiger partial charge in [0.05, 0.1) is 13.2 Å². The average molecular weight is 295 g/mol. The van der Waals surface area contributed by atoms with Crippen LogP contribution in [0.4, 0.5) is 8.78 Å². The van der Waals surface area contributed by atoms with Crippen molar-refractivity contribution in [1.82, 2.24) is 15.0 Å². The number of aliphatic hydroxyl groups is 1. The van der Waals surface area contributed by atoms with Crippen LogP contribution in [0.25, 0.3) is 11.4 Å². The number of alkyl halides is 1. The van der Waals surface area contributed by atoms with Gasteiger partial charge < -0.3 is 9.63 Å². The second-order valence-electron chi connectivity index (χ2n) is 5.12. The molecule has 0 spiro atoms. The van der Waals surface area contributed by atoms with E-state index in [0.717, 1.165) is 0 Å². The molecule has 3 rings (SSSR count). The maximum Gasteiger partial charge on any atom is 0.241 e. The molecule has 0 amide bonds. The third kappa shape index (κ3) is 3.08. The molecule has 1 aromatic heterocycles. The number of halogens is 2. The minimum atomic E-state index is -0.943. The van der Waals surface area contributed by atoms with Crippen molar-refractivity contribution in [3.05, 3.63) is 36.0 Å². The summed E-state index contributed by atoms with van der Waals surface area (Å²) in [6.45, 7) is 0.443. The van der Waals surface area contributed by atoms with Crippen LogP contribution in [0.5, 0.6) is 0 Å². The maximum atomic E-state index is 13.4. The highest BCUT2D eigenvalue weighted by atomic mass is 19.1. The van der Waals surface area contributed by atoms with Gasteiger partial charge in [-0.2, -0.15) is 4.98 Å². The zero-order valence-electron chi connectivity index (χ0n) is 11.2. The van der Waals surface area contributed by atoms with E-state index in [1.807, 2.05) is 0 Å². The number of benzene rings is 1. The summed E-state index contributed by atoms with van der Waals surface area (Å²) in [4.78, 5) is 6.01. The molecule has 21 heavy (non-hydrogen) atoms. The van der Waals surface area contributed by atoms with Gasteiger partial charge in [-0.25, -0.2) is 8.78 Å². The van der Waals surface area contributed by atoms with E-state index in [4.69, 9.17) is 4.52 Å². The van der Waals surface area contributed by atoms with Crippen LogP contribution in [0.3, 0.4) is 0 Å². The third-order valence-electron chi connectivity index (χ3n) is 3.60. The van der Waals surface area contributed by atoms with Crippen LogP contribution in [0.1, 0.15) is 12.3 Å². The van der Waals surface area contributed by atoms with Crippen molar-refractivity contribution in [2.24, 2.45) is 0 Å². The predicted octanol–water partition coefficient (Wildman–Crippen LogP) is 1.78. The van der Waals surface area contributed by atoms with Gasteiger partial charge >= 0.3 is 0 Å². The molecule has 0 saturated carbocycles. The summed E-state index contributed by atoms with van der Waals surface area (Å²) < 4.78 is 31.4. The molecular formula is C14H15F2N3O2. The molecule has 1 aliphatic rings. The van der Waals surface area contributed by atoms with E-state index in [1.165, 1.54) is 12.1 Å². The fourth-order valence-corrected chi connectivity index (χ4v) is 2.52. The molecule has 0 aliphatic carbocycles. The molecule has 1 N–H and O–H groups in total. The van der Waals surface area contributed by atoms with Gasteiger partial charge in [0.25, 0.3) is 0 Å². The first-order chi connectivity index (χ1) is 10.2. The van der Waals surface area contributed by atoms with Gasteiger partial charge in [-0.1, -0.05) is 5.16 Å². The fourth-order valence-electron chi connectivity index (χ4n) is 2.52. The number of hydrogen-bond donors (Lipinski definition) is 1. The summed E-state index contributed by atoms with van der Waals surface area (Å²) in [6, 6.07) is 5.55. The molecule has 5 nitrogen and oxygen atoms in total. The average Bonchev–Trinajstić information content (AvgIpc) is 3.07. The monoisotopic (exact) mass is 295 g/mol. The van der Waals surface area contributed by atoms with Crippen molar-refractivity contribution in [2.75, 3.05) is 13.2 Å². The Labute approximate surface area is 120 Å². The largest absolute Gasteiger partial charge is 0.395 e. The molecule has 112 valence electrons. The summed E-state index contributed by atoms with van der Waals surface area (Å²) in [5.41, 5.74) is 0.648. The van der Waals surface area contributed by atoms with Crippen molar-refractivity contribution in [2.45, 2.75) is 25.2 Å². The number of likely N-dealkylation sites (tertiary alicyclic amines) is 1. The van der Waals surface area contributed by atoms with Gasteiger partial charge in [-0.3, -0.25) is 4.90 Å². The molecule has 2 heterocycles. The molecular weight excluding hydrogens is 280 g/mol. The Balaban J connectivity index is 1.72. The van der Waals surface area contributed by atoms with E-state index < -0.39 is 6.17 Å². The Morgan fingerprint density at radius 3 is 2.81 bits per heavy atom. The van der Waals surface area contributed by atoms with Crippen LogP contribution in [0.15, 0.2) is 28.8 Å². The first-order valence-corrected chi connectivity index (χ1v) is 6.73. The standard InChI is InChI=1S/C14H15F2N3O2/c15-10-3-1-9(2-4-10)14-17-13(21-18-14)7-19-6-11(16)5-12(19)8-20/h1-4,11-12,20H,5-8H2/t11-,12-/m0/s1. The van der Waals surface area contributed by atoms with E-state index in [2.05, 4.69) is 10.1 Å². The second-order valence-corrected chi connectivity index (χ2v) is 5.12. The summed E-state index contributed by atoms with van der Waals surface area (Å²) in [6.07, 6.45) is -0.628. The molecule has 2 aromatic rings. The number of aliphatic hydroxyl groups excluding tert-OH is 1. The van der Waals surface area contributed by atoms with Crippen molar-refractivity contribution in [1.29, 1.82) is 0 Å². The van der Waals surface area contributed by atoms with E-state index in [9.17, 15) is 13.9 Å². The quantitative estimate of drug-likeness (QED) is 0.931. The molecule has 1 fully saturated rings. The maximum absolute atomic E-state index is 13.4. The van der Waals surface area contributed by atoms with Crippen LogP contribution < -0.4 is 0 Å². The zero-order valence-corrected chi connectivity index (χ0v) is 11.2. The lowest BCUT2D eigenvalue weighted by molar-refractivity contribution is 0.140. The predicted molar refractivity (Wildman–Crippen MR) is 70.5 cm³/mol. The van der Waals surface area contributed by atoms with E-state index in [0.29, 0.717) is 30.2 Å². The Morgan fingerprint density at radius 1 is 1.33 bits per heavy atom. The summed E-state index contributed by atoms with van der Waals surface area (Å²) in [5.74, 6) is 0.378. The fraction of sp³-hybridized carbons (Fsp3) is 0.429. The first-order valence-electron chi connectivity index (χ1n) is 6.73. The summed E-state index contributed by atoms with van der Waals surface area (Å²) in [5, 5.41) is 13.1. The van der Waals surface area contributed by atoms with E-state index in [-0.39, 0.29) is 25.0 Å². The number of aromatic nitrogens is 2. The minimum Gasteiger partial charge on any atom is -0.395 e. The molecule has 2 atom stereocenters. The summed E-state index contributed by atoms with van der Waals surface area (Å²) in [7, 11) is 0. The smallest absolute Gasteiger partial charge is 0.241 e. The van der Waals surface area contributed by atoms with Gasteiger partial charge in [-0.15, -0.1) is 0 Å². The zero-order chi connectivity index (χ0) is 14.8. The molecule has 1 aliphatic heterocycles. The molecule has 0 unspecified atom stereocenters. The van der Waals surface area contributed by atoms with Crippen LogP contribution in [-0.2, 0) is 6.54 Å². The van der Waals surface area contributed by atoms with Gasteiger partial charge in [0.15, 0.2) is 0 Å². The topological polar surface area (TPSA) is 62.4 Å². The first kappa shape index (κ1) is 14.1. The van der Waals surface area contributed by atoms with Crippen LogP contribution >= 0.6 is 0 Å². The van der Waals surface area contributed by atoms with Crippen molar-refractivity contribution in [3.8, 4) is 11.4 Å². The molecule has 1 aromatic carbocycles. The lowest BCUT2D eigenvalue weighted by Gasteiger charge is -2.19. The number of hydrogen-bond acceptors (Lipinski definition) is 5. The lowest BCUT2D eigenvalue weighted by atomic mass is 10.2. The van der Waals surface area contributed by atoms with Crippen LogP contribution in [-0.4, -0.2) is 45.5 Å². The number of rotatable bonds is 4.